The Balaban J connectivity index is 2.37. The van der Waals surface area contributed by atoms with Crippen LogP contribution in [0.3, 0.4) is 0 Å². The smallest absolute Gasteiger partial charge is 0.239 e. The Hall–Kier alpha value is -1.93. The number of anilines is 3. The molecule has 0 bridgehead atoms. The first kappa shape index (κ1) is 13.5. The van der Waals surface area contributed by atoms with Crippen molar-refractivity contribution in [3.8, 4) is 5.75 Å². The largest absolute Gasteiger partial charge is 0.495 e. The van der Waals surface area contributed by atoms with Gasteiger partial charge in [-0.3, -0.25) is 5.43 Å². The maximum atomic E-state index is 13.6. The summed E-state index contributed by atoms with van der Waals surface area (Å²) in [6, 6.07) is 5.30. The van der Waals surface area contributed by atoms with Crippen LogP contribution >= 0.6 is 15.9 Å². The molecule has 4 N–H and O–H groups in total. The Morgan fingerprint density at radius 3 is 2.89 bits per heavy atom. The van der Waals surface area contributed by atoms with Crippen LogP contribution in [0.2, 0.25) is 0 Å². The average molecular weight is 328 g/mol. The third-order valence-electron chi connectivity index (χ3n) is 2.29. The Kier molecular flexibility index (Phi) is 4.13. The molecule has 0 radical (unpaired) electrons. The van der Waals surface area contributed by atoms with Crippen LogP contribution in [0.1, 0.15) is 0 Å². The first-order valence-corrected chi connectivity index (χ1v) is 6.03. The second kappa shape index (κ2) is 5.81. The molecule has 0 saturated carbocycles. The zero-order chi connectivity index (χ0) is 13.8. The molecule has 0 amide bonds. The SMILES string of the molecule is COc1ccc(Br)cc1Nc1nc(NN)ncc1F. The minimum Gasteiger partial charge on any atom is -0.495 e. The van der Waals surface area contributed by atoms with Crippen LogP contribution in [0.5, 0.6) is 5.75 Å². The summed E-state index contributed by atoms with van der Waals surface area (Å²) in [6.45, 7) is 0. The first-order chi connectivity index (χ1) is 9.13. The zero-order valence-electron chi connectivity index (χ0n) is 9.95. The molecular weight excluding hydrogens is 317 g/mol. The highest BCUT2D eigenvalue weighted by molar-refractivity contribution is 9.10. The van der Waals surface area contributed by atoms with E-state index in [-0.39, 0.29) is 11.8 Å². The van der Waals surface area contributed by atoms with E-state index in [0.717, 1.165) is 10.7 Å². The third-order valence-corrected chi connectivity index (χ3v) is 2.78. The molecule has 100 valence electrons. The van der Waals surface area contributed by atoms with Gasteiger partial charge in [-0.1, -0.05) is 15.9 Å². The highest BCUT2D eigenvalue weighted by atomic mass is 79.9. The second-order valence-electron chi connectivity index (χ2n) is 3.50. The van der Waals surface area contributed by atoms with Gasteiger partial charge in [0.2, 0.25) is 5.95 Å². The molecule has 6 nitrogen and oxygen atoms in total. The maximum Gasteiger partial charge on any atom is 0.239 e. The summed E-state index contributed by atoms with van der Waals surface area (Å²) in [5, 5.41) is 2.83. The van der Waals surface area contributed by atoms with E-state index in [2.05, 4.69) is 36.6 Å². The fraction of sp³-hybridized carbons (Fsp3) is 0.0909. The molecule has 0 saturated heterocycles. The predicted molar refractivity (Wildman–Crippen MR) is 73.8 cm³/mol. The lowest BCUT2D eigenvalue weighted by atomic mass is 10.3. The van der Waals surface area contributed by atoms with Gasteiger partial charge in [0, 0.05) is 4.47 Å². The summed E-state index contributed by atoms with van der Waals surface area (Å²) < 4.78 is 19.6. The van der Waals surface area contributed by atoms with Crippen LogP contribution in [0.25, 0.3) is 0 Å². The summed E-state index contributed by atoms with van der Waals surface area (Å²) >= 11 is 3.33. The number of halogens is 2. The van der Waals surface area contributed by atoms with Crippen LogP contribution in [0.4, 0.5) is 21.8 Å². The Morgan fingerprint density at radius 1 is 1.42 bits per heavy atom. The van der Waals surface area contributed by atoms with Gasteiger partial charge in [0.25, 0.3) is 0 Å². The van der Waals surface area contributed by atoms with E-state index >= 15 is 0 Å². The van der Waals surface area contributed by atoms with Crippen molar-refractivity contribution in [2.45, 2.75) is 0 Å². The number of hydrazine groups is 1. The van der Waals surface area contributed by atoms with Gasteiger partial charge in [-0.25, -0.2) is 15.2 Å². The summed E-state index contributed by atoms with van der Waals surface area (Å²) in [7, 11) is 1.53. The lowest BCUT2D eigenvalue weighted by Crippen LogP contribution is -2.12. The lowest BCUT2D eigenvalue weighted by molar-refractivity contribution is 0.416. The van der Waals surface area contributed by atoms with Crippen LogP contribution < -0.4 is 21.3 Å². The van der Waals surface area contributed by atoms with Gasteiger partial charge in [-0.05, 0) is 18.2 Å². The number of aromatic nitrogens is 2. The first-order valence-electron chi connectivity index (χ1n) is 5.23. The molecular formula is C11H11BrFN5O. The minimum atomic E-state index is -0.596. The van der Waals surface area contributed by atoms with Crippen LogP contribution in [-0.2, 0) is 0 Å². The Morgan fingerprint density at radius 2 is 2.21 bits per heavy atom. The van der Waals surface area contributed by atoms with Gasteiger partial charge in [0.1, 0.15) is 5.75 Å². The molecule has 0 atom stereocenters. The predicted octanol–water partition coefficient (Wildman–Crippen LogP) is 2.42. The maximum absolute atomic E-state index is 13.6. The van der Waals surface area contributed by atoms with E-state index in [1.165, 1.54) is 7.11 Å². The highest BCUT2D eigenvalue weighted by Gasteiger charge is 2.10. The highest BCUT2D eigenvalue weighted by Crippen LogP contribution is 2.30. The quantitative estimate of drug-likeness (QED) is 0.590. The van der Waals surface area contributed by atoms with Gasteiger partial charge in [0.05, 0.1) is 19.0 Å². The molecule has 2 aromatic rings. The van der Waals surface area contributed by atoms with Crippen molar-refractivity contribution < 1.29 is 9.13 Å². The van der Waals surface area contributed by atoms with Crippen LogP contribution in [0.15, 0.2) is 28.9 Å². The van der Waals surface area contributed by atoms with E-state index < -0.39 is 5.82 Å². The normalized spacial score (nSPS) is 10.1. The molecule has 0 unspecified atom stereocenters. The van der Waals surface area contributed by atoms with Crippen LogP contribution in [-0.4, -0.2) is 17.1 Å². The van der Waals surface area contributed by atoms with Gasteiger partial charge in [-0.15, -0.1) is 0 Å². The van der Waals surface area contributed by atoms with Crippen molar-refractivity contribution >= 4 is 33.4 Å². The number of nitrogens with two attached hydrogens (primary N) is 1. The molecule has 0 aliphatic carbocycles. The van der Waals surface area contributed by atoms with Crippen molar-refractivity contribution in [3.63, 3.8) is 0 Å². The second-order valence-corrected chi connectivity index (χ2v) is 4.42. The van der Waals surface area contributed by atoms with Crippen molar-refractivity contribution in [2.24, 2.45) is 5.84 Å². The van der Waals surface area contributed by atoms with Crippen molar-refractivity contribution in [3.05, 3.63) is 34.7 Å². The molecule has 1 heterocycles. The fourth-order valence-corrected chi connectivity index (χ4v) is 1.79. The molecule has 0 fully saturated rings. The molecule has 19 heavy (non-hydrogen) atoms. The summed E-state index contributed by atoms with van der Waals surface area (Å²) in [4.78, 5) is 7.54. The van der Waals surface area contributed by atoms with Gasteiger partial charge < -0.3 is 10.1 Å². The topological polar surface area (TPSA) is 85.1 Å². The molecule has 0 spiro atoms. The summed E-state index contributed by atoms with van der Waals surface area (Å²) in [6.07, 6.45) is 1.02. The van der Waals surface area contributed by atoms with E-state index in [1.807, 2.05) is 6.07 Å². The number of nitrogen functional groups attached to an aromatic ring is 1. The monoisotopic (exact) mass is 327 g/mol. The van der Waals surface area contributed by atoms with Gasteiger partial charge in [-0.2, -0.15) is 4.98 Å². The number of nitrogens with zero attached hydrogens (tertiary/aromatic N) is 2. The number of nitrogens with one attached hydrogen (secondary N) is 2. The number of hydrogen-bond donors (Lipinski definition) is 3. The molecule has 0 aliphatic rings. The molecule has 0 aliphatic heterocycles. The zero-order valence-corrected chi connectivity index (χ0v) is 11.5. The standard InChI is InChI=1S/C11H11BrFN5O/c1-19-9-3-2-6(12)4-8(9)16-10-7(13)5-15-11(17-10)18-14/h2-5H,14H2,1H3,(H2,15,16,17,18). The van der Waals surface area contributed by atoms with Gasteiger partial charge >= 0.3 is 0 Å². The summed E-state index contributed by atoms with van der Waals surface area (Å²) in [5.41, 5.74) is 2.82. The number of methoxy groups -OCH3 is 1. The number of benzene rings is 1. The van der Waals surface area contributed by atoms with E-state index in [1.54, 1.807) is 12.1 Å². The summed E-state index contributed by atoms with van der Waals surface area (Å²) in [5.74, 6) is 5.26. The number of hydrogen-bond acceptors (Lipinski definition) is 6. The Bertz CT molecular complexity index is 595. The number of rotatable bonds is 4. The fourth-order valence-electron chi connectivity index (χ4n) is 1.43. The van der Waals surface area contributed by atoms with Crippen molar-refractivity contribution in [1.82, 2.24) is 9.97 Å². The third kappa shape index (κ3) is 3.09. The molecule has 2 rings (SSSR count). The van der Waals surface area contributed by atoms with E-state index in [0.29, 0.717) is 11.4 Å². The van der Waals surface area contributed by atoms with Crippen molar-refractivity contribution in [1.29, 1.82) is 0 Å². The molecule has 1 aromatic heterocycles. The van der Waals surface area contributed by atoms with E-state index in [4.69, 9.17) is 10.6 Å². The van der Waals surface area contributed by atoms with Crippen molar-refractivity contribution in [2.75, 3.05) is 17.9 Å². The number of ether oxygens (including phenoxy) is 1. The molecule has 1 aromatic carbocycles. The van der Waals surface area contributed by atoms with Crippen LogP contribution in [0, 0.1) is 5.82 Å². The van der Waals surface area contributed by atoms with E-state index in [9.17, 15) is 4.39 Å². The lowest BCUT2D eigenvalue weighted by Gasteiger charge is -2.12. The Labute approximate surface area is 117 Å². The minimum absolute atomic E-state index is 0.000602. The average Bonchev–Trinajstić information content (AvgIpc) is 2.41. The molecule has 8 heteroatoms. The van der Waals surface area contributed by atoms with Gasteiger partial charge in [0.15, 0.2) is 11.6 Å².